The highest BCUT2D eigenvalue weighted by Crippen LogP contribution is 2.16. The Labute approximate surface area is 68.5 Å². The standard InChI is InChI=1S/C7H8N4O/c8-6-5-1-2-11(4-12)7(5)10-3-9-6/h1-3,12H,4H2,(H2,8,9,10). The fraction of sp³-hybridized carbons (Fsp3) is 0.143. The molecule has 0 aliphatic heterocycles. The number of aliphatic hydroxyl groups excluding tert-OH is 1. The summed E-state index contributed by atoms with van der Waals surface area (Å²) in [6, 6.07) is 1.78. The second-order valence-electron chi connectivity index (χ2n) is 2.42. The van der Waals surface area contributed by atoms with Gasteiger partial charge in [-0.2, -0.15) is 0 Å². The zero-order chi connectivity index (χ0) is 8.55. The molecule has 2 aromatic rings. The van der Waals surface area contributed by atoms with Gasteiger partial charge in [0, 0.05) is 6.20 Å². The van der Waals surface area contributed by atoms with Crippen LogP contribution in [0.1, 0.15) is 0 Å². The Balaban J connectivity index is 2.80. The van der Waals surface area contributed by atoms with Gasteiger partial charge in [0.15, 0.2) is 0 Å². The minimum atomic E-state index is -0.0973. The first-order chi connectivity index (χ1) is 5.83. The van der Waals surface area contributed by atoms with Crippen molar-refractivity contribution in [1.29, 1.82) is 0 Å². The van der Waals surface area contributed by atoms with Crippen molar-refractivity contribution < 1.29 is 5.11 Å². The highest BCUT2D eigenvalue weighted by Gasteiger charge is 2.03. The number of fused-ring (bicyclic) bond motifs is 1. The van der Waals surface area contributed by atoms with Crippen molar-refractivity contribution in [1.82, 2.24) is 14.5 Å². The lowest BCUT2D eigenvalue weighted by molar-refractivity contribution is 0.215. The molecule has 0 bridgehead atoms. The summed E-state index contributed by atoms with van der Waals surface area (Å²) in [5.74, 6) is 0.437. The number of nitrogens with zero attached hydrogens (tertiary/aromatic N) is 3. The van der Waals surface area contributed by atoms with E-state index in [-0.39, 0.29) is 6.73 Å². The van der Waals surface area contributed by atoms with Gasteiger partial charge in [0.1, 0.15) is 24.5 Å². The summed E-state index contributed by atoms with van der Waals surface area (Å²) in [6.45, 7) is -0.0973. The number of rotatable bonds is 1. The quantitative estimate of drug-likeness (QED) is 0.620. The Hall–Kier alpha value is -1.62. The fourth-order valence-electron chi connectivity index (χ4n) is 1.14. The van der Waals surface area contributed by atoms with Gasteiger partial charge in [-0.3, -0.25) is 0 Å². The van der Waals surface area contributed by atoms with E-state index in [9.17, 15) is 0 Å². The molecule has 0 aliphatic carbocycles. The maximum atomic E-state index is 8.88. The molecule has 0 saturated carbocycles. The third-order valence-electron chi connectivity index (χ3n) is 1.74. The maximum Gasteiger partial charge on any atom is 0.147 e. The molecule has 3 N–H and O–H groups in total. The van der Waals surface area contributed by atoms with Gasteiger partial charge in [-0.05, 0) is 6.07 Å². The summed E-state index contributed by atoms with van der Waals surface area (Å²) in [5, 5.41) is 9.65. The molecule has 62 valence electrons. The van der Waals surface area contributed by atoms with Gasteiger partial charge in [-0.25, -0.2) is 9.97 Å². The molecule has 0 spiro atoms. The lowest BCUT2D eigenvalue weighted by atomic mass is 10.4. The fourth-order valence-corrected chi connectivity index (χ4v) is 1.14. The number of nitrogens with two attached hydrogens (primary N) is 1. The topological polar surface area (TPSA) is 77.0 Å². The molecular weight excluding hydrogens is 156 g/mol. The molecule has 5 heteroatoms. The van der Waals surface area contributed by atoms with Crippen LogP contribution in [0.25, 0.3) is 11.0 Å². The lowest BCUT2D eigenvalue weighted by Crippen LogP contribution is -1.97. The third-order valence-corrected chi connectivity index (χ3v) is 1.74. The van der Waals surface area contributed by atoms with Crippen LogP contribution >= 0.6 is 0 Å². The number of aromatic nitrogens is 3. The van der Waals surface area contributed by atoms with E-state index in [4.69, 9.17) is 10.8 Å². The summed E-state index contributed by atoms with van der Waals surface area (Å²) in [6.07, 6.45) is 3.10. The van der Waals surface area contributed by atoms with Gasteiger partial charge >= 0.3 is 0 Å². The highest BCUT2D eigenvalue weighted by molar-refractivity contribution is 5.85. The van der Waals surface area contributed by atoms with Crippen molar-refractivity contribution >= 4 is 16.9 Å². The third kappa shape index (κ3) is 0.835. The largest absolute Gasteiger partial charge is 0.383 e. The van der Waals surface area contributed by atoms with Gasteiger partial charge in [-0.15, -0.1) is 0 Å². The predicted molar refractivity (Wildman–Crippen MR) is 44.2 cm³/mol. The molecule has 2 rings (SSSR count). The molecule has 0 aliphatic rings. The molecular formula is C7H8N4O. The lowest BCUT2D eigenvalue weighted by Gasteiger charge is -1.98. The minimum Gasteiger partial charge on any atom is -0.383 e. The van der Waals surface area contributed by atoms with Crippen molar-refractivity contribution in [2.75, 3.05) is 5.73 Å². The first-order valence-corrected chi connectivity index (χ1v) is 3.49. The molecule has 12 heavy (non-hydrogen) atoms. The molecule has 0 aromatic carbocycles. The number of aliphatic hydroxyl groups is 1. The van der Waals surface area contributed by atoms with Gasteiger partial charge in [-0.1, -0.05) is 0 Å². The van der Waals surface area contributed by atoms with Crippen molar-refractivity contribution in [3.05, 3.63) is 18.6 Å². The SMILES string of the molecule is Nc1ncnc2c1ccn2CO. The first kappa shape index (κ1) is 7.05. The monoisotopic (exact) mass is 164 g/mol. The predicted octanol–water partition coefficient (Wildman–Crippen LogP) is -0.0367. The number of anilines is 1. The van der Waals surface area contributed by atoms with E-state index in [1.54, 1.807) is 16.8 Å². The summed E-state index contributed by atoms with van der Waals surface area (Å²) in [4.78, 5) is 7.81. The minimum absolute atomic E-state index is 0.0973. The second-order valence-corrected chi connectivity index (χ2v) is 2.42. The van der Waals surface area contributed by atoms with E-state index in [1.165, 1.54) is 6.33 Å². The average Bonchev–Trinajstić information content (AvgIpc) is 2.49. The van der Waals surface area contributed by atoms with Gasteiger partial charge in [0.05, 0.1) is 5.39 Å². The Morgan fingerprint density at radius 1 is 1.50 bits per heavy atom. The van der Waals surface area contributed by atoms with Crippen LogP contribution in [-0.2, 0) is 6.73 Å². The van der Waals surface area contributed by atoms with E-state index >= 15 is 0 Å². The zero-order valence-corrected chi connectivity index (χ0v) is 6.31. The summed E-state index contributed by atoms with van der Waals surface area (Å²) < 4.78 is 1.59. The smallest absolute Gasteiger partial charge is 0.147 e. The molecule has 0 fully saturated rings. The van der Waals surface area contributed by atoms with Crippen LogP contribution in [0.5, 0.6) is 0 Å². The molecule has 2 aromatic heterocycles. The molecule has 0 saturated heterocycles. The van der Waals surface area contributed by atoms with E-state index in [2.05, 4.69) is 9.97 Å². The molecule has 0 radical (unpaired) electrons. The van der Waals surface area contributed by atoms with Gasteiger partial charge in [0.2, 0.25) is 0 Å². The van der Waals surface area contributed by atoms with Crippen LogP contribution in [0.3, 0.4) is 0 Å². The van der Waals surface area contributed by atoms with E-state index in [0.29, 0.717) is 11.5 Å². The Morgan fingerprint density at radius 2 is 2.33 bits per heavy atom. The van der Waals surface area contributed by atoms with Crippen LogP contribution in [0, 0.1) is 0 Å². The maximum absolute atomic E-state index is 8.88. The van der Waals surface area contributed by atoms with Crippen molar-refractivity contribution in [3.8, 4) is 0 Å². The van der Waals surface area contributed by atoms with Crippen LogP contribution in [-0.4, -0.2) is 19.6 Å². The van der Waals surface area contributed by atoms with Crippen molar-refractivity contribution in [2.45, 2.75) is 6.73 Å². The molecule has 0 unspecified atom stereocenters. The first-order valence-electron chi connectivity index (χ1n) is 3.49. The van der Waals surface area contributed by atoms with Crippen LogP contribution < -0.4 is 5.73 Å². The van der Waals surface area contributed by atoms with E-state index in [0.717, 1.165) is 5.39 Å². The van der Waals surface area contributed by atoms with Crippen LogP contribution in [0.15, 0.2) is 18.6 Å². The Morgan fingerprint density at radius 3 is 3.08 bits per heavy atom. The van der Waals surface area contributed by atoms with Crippen molar-refractivity contribution in [2.24, 2.45) is 0 Å². The second kappa shape index (κ2) is 2.46. The summed E-state index contributed by atoms with van der Waals surface area (Å²) >= 11 is 0. The number of hydrogen-bond acceptors (Lipinski definition) is 4. The van der Waals surface area contributed by atoms with E-state index < -0.39 is 0 Å². The molecule has 0 atom stereocenters. The summed E-state index contributed by atoms with van der Waals surface area (Å²) in [5.41, 5.74) is 6.24. The number of nitrogen functional groups attached to an aromatic ring is 1. The van der Waals surface area contributed by atoms with Gasteiger partial charge in [0.25, 0.3) is 0 Å². The zero-order valence-electron chi connectivity index (χ0n) is 6.31. The average molecular weight is 164 g/mol. The highest BCUT2D eigenvalue weighted by atomic mass is 16.3. The molecule has 5 nitrogen and oxygen atoms in total. The van der Waals surface area contributed by atoms with Crippen LogP contribution in [0.4, 0.5) is 5.82 Å². The van der Waals surface area contributed by atoms with E-state index in [1.807, 2.05) is 0 Å². The molecule has 2 heterocycles. The van der Waals surface area contributed by atoms with Crippen LogP contribution in [0.2, 0.25) is 0 Å². The summed E-state index contributed by atoms with van der Waals surface area (Å²) in [7, 11) is 0. The Kier molecular flexibility index (Phi) is 1.44. The molecule has 0 amide bonds. The Bertz CT molecular complexity index is 409. The van der Waals surface area contributed by atoms with Gasteiger partial charge < -0.3 is 15.4 Å². The normalized spacial score (nSPS) is 10.8. The van der Waals surface area contributed by atoms with Crippen molar-refractivity contribution in [3.63, 3.8) is 0 Å². The number of hydrogen-bond donors (Lipinski definition) is 2.